The van der Waals surface area contributed by atoms with Crippen LogP contribution in [0.2, 0.25) is 0 Å². The number of benzene rings is 2. The van der Waals surface area contributed by atoms with E-state index in [1.165, 1.54) is 13.3 Å². The third-order valence-corrected chi connectivity index (χ3v) is 3.19. The SMILES string of the molecule is COc1ccccc1NC(=O)C(=O)N/N=C/C(C)=C\c1ccccc1. The normalized spacial score (nSPS) is 11.2. The highest BCUT2D eigenvalue weighted by atomic mass is 16.5. The van der Waals surface area contributed by atoms with E-state index >= 15 is 0 Å². The molecule has 2 amide bonds. The van der Waals surface area contributed by atoms with E-state index in [0.717, 1.165) is 11.1 Å². The predicted octanol–water partition coefficient (Wildman–Crippen LogP) is 2.84. The molecule has 0 saturated heterocycles. The van der Waals surface area contributed by atoms with Crippen molar-refractivity contribution in [2.24, 2.45) is 5.10 Å². The van der Waals surface area contributed by atoms with E-state index in [-0.39, 0.29) is 0 Å². The fourth-order valence-electron chi connectivity index (χ4n) is 2.02. The summed E-state index contributed by atoms with van der Waals surface area (Å²) in [5.74, 6) is -1.23. The van der Waals surface area contributed by atoms with Gasteiger partial charge in [0.25, 0.3) is 0 Å². The molecule has 2 aromatic rings. The van der Waals surface area contributed by atoms with Gasteiger partial charge in [-0.1, -0.05) is 48.5 Å². The average Bonchev–Trinajstić information content (AvgIpc) is 2.62. The molecule has 25 heavy (non-hydrogen) atoms. The Morgan fingerprint density at radius 2 is 1.68 bits per heavy atom. The molecule has 0 heterocycles. The first-order valence-electron chi connectivity index (χ1n) is 7.61. The Morgan fingerprint density at radius 3 is 2.40 bits per heavy atom. The van der Waals surface area contributed by atoms with E-state index in [1.54, 1.807) is 24.3 Å². The van der Waals surface area contributed by atoms with Gasteiger partial charge in [0, 0.05) is 0 Å². The Labute approximate surface area is 146 Å². The number of ether oxygens (including phenoxy) is 1. The van der Waals surface area contributed by atoms with Crippen molar-refractivity contribution >= 4 is 29.8 Å². The Balaban J connectivity index is 1.91. The van der Waals surface area contributed by atoms with E-state index in [0.29, 0.717) is 11.4 Å². The van der Waals surface area contributed by atoms with Crippen molar-refractivity contribution in [1.29, 1.82) is 0 Å². The number of rotatable bonds is 5. The first kappa shape index (κ1) is 17.9. The van der Waals surface area contributed by atoms with Crippen molar-refractivity contribution in [3.63, 3.8) is 0 Å². The van der Waals surface area contributed by atoms with Gasteiger partial charge in [-0.25, -0.2) is 5.43 Å². The van der Waals surface area contributed by atoms with Crippen molar-refractivity contribution in [3.05, 3.63) is 65.7 Å². The zero-order chi connectivity index (χ0) is 18.1. The Kier molecular flexibility index (Phi) is 6.47. The van der Waals surface area contributed by atoms with Crippen LogP contribution in [0, 0.1) is 0 Å². The maximum atomic E-state index is 11.9. The molecular formula is C19H19N3O3. The zero-order valence-electron chi connectivity index (χ0n) is 14.0. The van der Waals surface area contributed by atoms with Gasteiger partial charge in [0.15, 0.2) is 0 Å². The van der Waals surface area contributed by atoms with Gasteiger partial charge in [0.2, 0.25) is 0 Å². The number of hydrazone groups is 1. The van der Waals surface area contributed by atoms with Gasteiger partial charge in [-0.05, 0) is 30.2 Å². The second-order valence-corrected chi connectivity index (χ2v) is 5.15. The Morgan fingerprint density at radius 1 is 1.00 bits per heavy atom. The first-order chi connectivity index (χ1) is 12.1. The van der Waals surface area contributed by atoms with Crippen LogP contribution < -0.4 is 15.5 Å². The minimum absolute atomic E-state index is 0.411. The summed E-state index contributed by atoms with van der Waals surface area (Å²) in [5, 5.41) is 6.26. The lowest BCUT2D eigenvalue weighted by atomic mass is 10.1. The number of anilines is 1. The first-order valence-corrected chi connectivity index (χ1v) is 7.61. The van der Waals surface area contributed by atoms with Crippen molar-refractivity contribution in [2.75, 3.05) is 12.4 Å². The van der Waals surface area contributed by atoms with E-state index in [9.17, 15) is 9.59 Å². The van der Waals surface area contributed by atoms with Crippen LogP contribution in [0.1, 0.15) is 12.5 Å². The minimum atomic E-state index is -0.866. The van der Waals surface area contributed by atoms with Crippen LogP contribution >= 0.6 is 0 Å². The quantitative estimate of drug-likeness (QED) is 0.500. The highest BCUT2D eigenvalue weighted by Crippen LogP contribution is 2.22. The fraction of sp³-hybridized carbons (Fsp3) is 0.105. The highest BCUT2D eigenvalue weighted by Gasteiger charge is 2.14. The summed E-state index contributed by atoms with van der Waals surface area (Å²) in [7, 11) is 1.48. The second-order valence-electron chi connectivity index (χ2n) is 5.15. The fourth-order valence-corrected chi connectivity index (χ4v) is 2.02. The van der Waals surface area contributed by atoms with Crippen LogP contribution in [0.25, 0.3) is 6.08 Å². The molecule has 0 unspecified atom stereocenters. The molecule has 0 saturated carbocycles. The van der Waals surface area contributed by atoms with Gasteiger partial charge in [-0.15, -0.1) is 0 Å². The summed E-state index contributed by atoms with van der Waals surface area (Å²) in [6.07, 6.45) is 3.38. The van der Waals surface area contributed by atoms with Gasteiger partial charge >= 0.3 is 11.8 Å². The summed E-state index contributed by atoms with van der Waals surface area (Å²) in [6.45, 7) is 1.84. The van der Waals surface area contributed by atoms with E-state index < -0.39 is 11.8 Å². The monoisotopic (exact) mass is 337 g/mol. The van der Waals surface area contributed by atoms with Crippen LogP contribution in [-0.2, 0) is 9.59 Å². The van der Waals surface area contributed by atoms with E-state index in [2.05, 4.69) is 15.8 Å². The number of allylic oxidation sites excluding steroid dienone is 1. The molecule has 2 rings (SSSR count). The molecule has 0 fully saturated rings. The van der Waals surface area contributed by atoms with Gasteiger partial charge in [-0.3, -0.25) is 9.59 Å². The van der Waals surface area contributed by atoms with Crippen molar-refractivity contribution in [1.82, 2.24) is 5.43 Å². The molecule has 0 radical (unpaired) electrons. The molecule has 2 N–H and O–H groups in total. The average molecular weight is 337 g/mol. The van der Waals surface area contributed by atoms with Crippen molar-refractivity contribution in [3.8, 4) is 5.75 Å². The van der Waals surface area contributed by atoms with Crippen molar-refractivity contribution < 1.29 is 14.3 Å². The Bertz CT molecular complexity index is 799. The number of carbonyl (C=O) groups excluding carboxylic acids is 2. The standard InChI is InChI=1S/C19H19N3O3/c1-14(12-15-8-4-3-5-9-15)13-20-22-19(24)18(23)21-16-10-6-7-11-17(16)25-2/h3-13H,1-2H3,(H,21,23)(H,22,24)/b14-12-,20-13+. The van der Waals surface area contributed by atoms with Gasteiger partial charge in [-0.2, -0.15) is 5.10 Å². The maximum Gasteiger partial charge on any atom is 0.329 e. The number of nitrogens with one attached hydrogen (secondary N) is 2. The molecule has 0 bridgehead atoms. The summed E-state index contributed by atoms with van der Waals surface area (Å²) in [5.41, 5.74) is 4.46. The van der Waals surface area contributed by atoms with Crippen LogP contribution in [0.15, 0.2) is 65.3 Å². The van der Waals surface area contributed by atoms with Gasteiger partial charge < -0.3 is 10.1 Å². The molecule has 6 nitrogen and oxygen atoms in total. The highest BCUT2D eigenvalue weighted by molar-refractivity contribution is 6.39. The maximum absolute atomic E-state index is 11.9. The molecule has 0 aromatic heterocycles. The summed E-state index contributed by atoms with van der Waals surface area (Å²) < 4.78 is 5.11. The molecule has 6 heteroatoms. The van der Waals surface area contributed by atoms with Crippen LogP contribution in [0.5, 0.6) is 5.75 Å². The van der Waals surface area contributed by atoms with Crippen molar-refractivity contribution in [2.45, 2.75) is 6.92 Å². The van der Waals surface area contributed by atoms with Crippen LogP contribution in [0.4, 0.5) is 5.69 Å². The number of methoxy groups -OCH3 is 1. The summed E-state index contributed by atoms with van der Waals surface area (Å²) in [4.78, 5) is 23.7. The number of nitrogens with zero attached hydrogens (tertiary/aromatic N) is 1. The smallest absolute Gasteiger partial charge is 0.329 e. The molecule has 0 aliphatic carbocycles. The molecule has 0 aliphatic heterocycles. The largest absolute Gasteiger partial charge is 0.495 e. The number of para-hydroxylation sites is 2. The van der Waals surface area contributed by atoms with Crippen LogP contribution in [-0.4, -0.2) is 25.1 Å². The number of hydrogen-bond acceptors (Lipinski definition) is 4. The molecule has 128 valence electrons. The lowest BCUT2D eigenvalue weighted by Crippen LogP contribution is -2.32. The van der Waals surface area contributed by atoms with E-state index in [1.807, 2.05) is 43.3 Å². The molecule has 2 aromatic carbocycles. The molecule has 0 aliphatic rings. The zero-order valence-corrected chi connectivity index (χ0v) is 14.0. The summed E-state index contributed by atoms with van der Waals surface area (Å²) >= 11 is 0. The number of amides is 2. The van der Waals surface area contributed by atoms with E-state index in [4.69, 9.17) is 4.74 Å². The van der Waals surface area contributed by atoms with Crippen LogP contribution in [0.3, 0.4) is 0 Å². The van der Waals surface area contributed by atoms with Gasteiger partial charge in [0.1, 0.15) is 5.75 Å². The second kappa shape index (κ2) is 9.02. The topological polar surface area (TPSA) is 79.8 Å². The predicted molar refractivity (Wildman–Crippen MR) is 98.4 cm³/mol. The number of hydrogen-bond donors (Lipinski definition) is 2. The molecule has 0 atom stereocenters. The lowest BCUT2D eigenvalue weighted by molar-refractivity contribution is -0.136. The third-order valence-electron chi connectivity index (χ3n) is 3.19. The number of carbonyl (C=O) groups is 2. The molecule has 0 spiro atoms. The summed E-state index contributed by atoms with van der Waals surface area (Å²) in [6, 6.07) is 16.5. The molecular weight excluding hydrogens is 318 g/mol. The van der Waals surface area contributed by atoms with Gasteiger partial charge in [0.05, 0.1) is 19.0 Å². The lowest BCUT2D eigenvalue weighted by Gasteiger charge is -2.08. The Hall–Kier alpha value is -3.41. The third kappa shape index (κ3) is 5.62. The minimum Gasteiger partial charge on any atom is -0.495 e.